The van der Waals surface area contributed by atoms with E-state index in [0.29, 0.717) is 25.4 Å². The van der Waals surface area contributed by atoms with Crippen LogP contribution in [0.3, 0.4) is 0 Å². The Labute approximate surface area is 188 Å². The molecule has 166 valence electrons. The van der Waals surface area contributed by atoms with Crippen LogP contribution in [-0.4, -0.2) is 30.4 Å². The highest BCUT2D eigenvalue weighted by Gasteiger charge is 2.39. The quantitative estimate of drug-likeness (QED) is 0.480. The number of ether oxygens (including phenoxy) is 3. The molecular formula is C27H28O5. The topological polar surface area (TPSA) is 65.0 Å². The lowest BCUT2D eigenvalue weighted by Gasteiger charge is -2.39. The normalized spacial score (nSPS) is 18.2. The summed E-state index contributed by atoms with van der Waals surface area (Å²) in [6.07, 6.45) is 0.471. The summed E-state index contributed by atoms with van der Waals surface area (Å²) in [5.41, 5.74) is 2.11. The molecular weight excluding hydrogens is 404 g/mol. The largest absolute Gasteiger partial charge is 0.508 e. The third-order valence-corrected chi connectivity index (χ3v) is 5.81. The first-order chi connectivity index (χ1) is 15.7. The van der Waals surface area contributed by atoms with E-state index in [-0.39, 0.29) is 36.1 Å². The van der Waals surface area contributed by atoms with Crippen molar-refractivity contribution in [1.82, 2.24) is 0 Å². The number of para-hydroxylation sites is 1. The maximum absolute atomic E-state index is 12.2. The minimum atomic E-state index is -0.292. The Kier molecular flexibility index (Phi) is 6.95. The van der Waals surface area contributed by atoms with Gasteiger partial charge in [-0.1, -0.05) is 54.6 Å². The Morgan fingerprint density at radius 1 is 1.06 bits per heavy atom. The first-order valence-electron chi connectivity index (χ1n) is 11.0. The highest BCUT2D eigenvalue weighted by atomic mass is 16.5. The van der Waals surface area contributed by atoms with Gasteiger partial charge in [0.15, 0.2) is 0 Å². The number of aromatic hydroxyl groups is 1. The monoisotopic (exact) mass is 432 g/mol. The van der Waals surface area contributed by atoms with Gasteiger partial charge in [-0.3, -0.25) is 4.79 Å². The number of benzene rings is 3. The van der Waals surface area contributed by atoms with Gasteiger partial charge in [0.2, 0.25) is 0 Å². The van der Waals surface area contributed by atoms with E-state index in [1.807, 2.05) is 61.5 Å². The number of phenolic OH excluding ortho intramolecular Hbond substituents is 1. The molecule has 0 saturated carbocycles. The van der Waals surface area contributed by atoms with E-state index < -0.39 is 0 Å². The van der Waals surface area contributed by atoms with Gasteiger partial charge in [-0.15, -0.1) is 0 Å². The van der Waals surface area contributed by atoms with Crippen LogP contribution in [0.25, 0.3) is 0 Å². The average molecular weight is 433 g/mol. The van der Waals surface area contributed by atoms with Crippen LogP contribution in [0.5, 0.6) is 17.2 Å². The lowest BCUT2D eigenvalue weighted by molar-refractivity contribution is -0.143. The van der Waals surface area contributed by atoms with Crippen molar-refractivity contribution in [3.63, 3.8) is 0 Å². The summed E-state index contributed by atoms with van der Waals surface area (Å²) in [5, 5.41) is 9.99. The molecule has 32 heavy (non-hydrogen) atoms. The summed E-state index contributed by atoms with van der Waals surface area (Å²) in [4.78, 5) is 12.2. The lowest BCUT2D eigenvalue weighted by atomic mass is 9.75. The highest BCUT2D eigenvalue weighted by molar-refractivity contribution is 5.69. The van der Waals surface area contributed by atoms with Crippen LogP contribution in [0.1, 0.15) is 42.7 Å². The molecule has 3 unspecified atom stereocenters. The zero-order valence-corrected chi connectivity index (χ0v) is 18.1. The fraction of sp³-hybridized carbons (Fsp3) is 0.296. The van der Waals surface area contributed by atoms with E-state index in [2.05, 4.69) is 12.1 Å². The molecule has 1 heterocycles. The van der Waals surface area contributed by atoms with Gasteiger partial charge in [-0.2, -0.15) is 0 Å². The molecule has 3 aromatic rings. The van der Waals surface area contributed by atoms with Crippen molar-refractivity contribution in [2.24, 2.45) is 0 Å². The number of carbonyl (C=O) groups is 1. The van der Waals surface area contributed by atoms with Gasteiger partial charge < -0.3 is 19.3 Å². The number of hydrogen-bond acceptors (Lipinski definition) is 5. The second-order valence-electron chi connectivity index (χ2n) is 7.89. The standard InChI is InChI=1S/C27H28O5/c1-2-30-26(29)16-15-24(32-21-11-7-4-8-12-21)27-22-14-13-20(28)17-25(22)31-18-23(27)19-9-5-3-6-10-19/h3-14,17,23-24,27-28H,2,15-16,18H2,1H3. The van der Waals surface area contributed by atoms with Gasteiger partial charge in [0.05, 0.1) is 13.2 Å². The SMILES string of the molecule is CCOC(=O)CCC(Oc1ccccc1)C1c2ccc(O)cc2OCC1c1ccccc1. The minimum absolute atomic E-state index is 0.0316. The van der Waals surface area contributed by atoms with Crippen molar-refractivity contribution in [3.05, 3.63) is 90.0 Å². The first-order valence-corrected chi connectivity index (χ1v) is 11.0. The number of phenols is 1. The zero-order valence-electron chi connectivity index (χ0n) is 18.1. The molecule has 5 nitrogen and oxygen atoms in total. The van der Waals surface area contributed by atoms with Crippen LogP contribution in [-0.2, 0) is 9.53 Å². The fourth-order valence-corrected chi connectivity index (χ4v) is 4.37. The van der Waals surface area contributed by atoms with Crippen LogP contribution >= 0.6 is 0 Å². The number of rotatable bonds is 8. The first kappa shape index (κ1) is 21.8. The summed E-state index contributed by atoms with van der Waals surface area (Å²) in [5.74, 6) is 1.29. The van der Waals surface area contributed by atoms with Crippen molar-refractivity contribution in [1.29, 1.82) is 0 Å². The number of esters is 1. The molecule has 0 bridgehead atoms. The van der Waals surface area contributed by atoms with Gasteiger partial charge in [0.25, 0.3) is 0 Å². The molecule has 0 radical (unpaired) electrons. The summed E-state index contributed by atoms with van der Waals surface area (Å²) in [7, 11) is 0. The van der Waals surface area contributed by atoms with E-state index in [4.69, 9.17) is 14.2 Å². The molecule has 4 rings (SSSR count). The van der Waals surface area contributed by atoms with E-state index in [1.165, 1.54) is 0 Å². The van der Waals surface area contributed by atoms with Crippen molar-refractivity contribution in [3.8, 4) is 17.2 Å². The molecule has 0 spiro atoms. The maximum Gasteiger partial charge on any atom is 0.305 e. The molecule has 0 fully saturated rings. The van der Waals surface area contributed by atoms with Crippen LogP contribution in [0.4, 0.5) is 0 Å². The molecule has 3 aromatic carbocycles. The van der Waals surface area contributed by atoms with Crippen molar-refractivity contribution in [2.75, 3.05) is 13.2 Å². The predicted molar refractivity (Wildman–Crippen MR) is 122 cm³/mol. The van der Waals surface area contributed by atoms with Crippen LogP contribution in [0.15, 0.2) is 78.9 Å². The summed E-state index contributed by atoms with van der Waals surface area (Å²) < 4.78 is 17.7. The van der Waals surface area contributed by atoms with E-state index in [1.54, 1.807) is 12.1 Å². The van der Waals surface area contributed by atoms with E-state index in [9.17, 15) is 9.90 Å². The Morgan fingerprint density at radius 2 is 1.78 bits per heavy atom. The molecule has 0 amide bonds. The minimum Gasteiger partial charge on any atom is -0.508 e. The fourth-order valence-electron chi connectivity index (χ4n) is 4.37. The maximum atomic E-state index is 12.2. The van der Waals surface area contributed by atoms with Crippen molar-refractivity contribution in [2.45, 2.75) is 37.7 Å². The second-order valence-corrected chi connectivity index (χ2v) is 7.89. The zero-order chi connectivity index (χ0) is 22.3. The van der Waals surface area contributed by atoms with E-state index >= 15 is 0 Å². The van der Waals surface area contributed by atoms with Crippen molar-refractivity contribution >= 4 is 5.97 Å². The third-order valence-electron chi connectivity index (χ3n) is 5.81. The van der Waals surface area contributed by atoms with Gasteiger partial charge in [-0.25, -0.2) is 0 Å². The molecule has 5 heteroatoms. The third kappa shape index (κ3) is 5.05. The lowest BCUT2D eigenvalue weighted by Crippen LogP contribution is -2.36. The van der Waals surface area contributed by atoms with Gasteiger partial charge in [-0.05, 0) is 37.1 Å². The molecule has 0 aliphatic carbocycles. The van der Waals surface area contributed by atoms with Crippen molar-refractivity contribution < 1.29 is 24.1 Å². The Hall–Kier alpha value is -3.47. The van der Waals surface area contributed by atoms with Crippen LogP contribution < -0.4 is 9.47 Å². The number of carbonyl (C=O) groups excluding carboxylic acids is 1. The number of fused-ring (bicyclic) bond motifs is 1. The molecule has 0 saturated heterocycles. The Morgan fingerprint density at radius 3 is 2.50 bits per heavy atom. The molecule has 3 atom stereocenters. The van der Waals surface area contributed by atoms with Gasteiger partial charge in [0.1, 0.15) is 23.4 Å². The molecule has 1 aliphatic rings. The molecule has 1 N–H and O–H groups in total. The summed E-state index contributed by atoms with van der Waals surface area (Å²) in [6.45, 7) is 2.62. The number of hydrogen-bond donors (Lipinski definition) is 1. The summed E-state index contributed by atoms with van der Waals surface area (Å²) in [6, 6.07) is 25.1. The predicted octanol–water partition coefficient (Wildman–Crippen LogP) is 5.44. The average Bonchev–Trinajstić information content (AvgIpc) is 2.82. The van der Waals surface area contributed by atoms with E-state index in [0.717, 1.165) is 16.9 Å². The molecule has 1 aliphatic heterocycles. The molecule has 0 aromatic heterocycles. The smallest absolute Gasteiger partial charge is 0.305 e. The Bertz CT molecular complexity index is 1020. The van der Waals surface area contributed by atoms with Crippen LogP contribution in [0, 0.1) is 0 Å². The Balaban J connectivity index is 1.73. The summed E-state index contributed by atoms with van der Waals surface area (Å²) >= 11 is 0. The van der Waals surface area contributed by atoms with Gasteiger partial charge >= 0.3 is 5.97 Å². The second kappa shape index (κ2) is 10.2. The van der Waals surface area contributed by atoms with Crippen LogP contribution in [0.2, 0.25) is 0 Å². The van der Waals surface area contributed by atoms with Gasteiger partial charge in [0, 0.05) is 29.9 Å². The highest BCUT2D eigenvalue weighted by Crippen LogP contribution is 2.47.